The van der Waals surface area contributed by atoms with Crippen molar-refractivity contribution in [3.05, 3.63) is 33.1 Å². The molecule has 0 heterocycles. The number of hydrogen-bond acceptors (Lipinski definition) is 3. The third kappa shape index (κ3) is 4.04. The van der Waals surface area contributed by atoms with Gasteiger partial charge in [-0.1, -0.05) is 19.4 Å². The average Bonchev–Trinajstić information content (AvgIpc) is 2.29. The van der Waals surface area contributed by atoms with Crippen LogP contribution in [0.1, 0.15) is 38.2 Å². The number of benzene rings is 1. The first kappa shape index (κ1) is 15.1. The minimum absolute atomic E-state index is 0.371. The smallest absolute Gasteiger partial charge is 0.321 e. The van der Waals surface area contributed by atoms with E-state index in [4.69, 9.17) is 0 Å². The number of ether oxygens (including phenoxy) is 1. The van der Waals surface area contributed by atoms with Crippen molar-refractivity contribution in [2.24, 2.45) is 0 Å². The first-order chi connectivity index (χ1) is 8.45. The SMILES string of the molecule is CCCC(C(=O)OC(C)=O)c1ccc(I)c(F)c1. The largest absolute Gasteiger partial charge is 0.393 e. The molecule has 0 N–H and O–H groups in total. The molecule has 0 aliphatic rings. The van der Waals surface area contributed by atoms with Crippen LogP contribution >= 0.6 is 22.6 Å². The third-order valence-corrected chi connectivity index (χ3v) is 3.33. The fourth-order valence-electron chi connectivity index (χ4n) is 1.65. The molecule has 1 unspecified atom stereocenters. The topological polar surface area (TPSA) is 43.4 Å². The summed E-state index contributed by atoms with van der Waals surface area (Å²) in [6.45, 7) is 3.09. The molecule has 0 amide bonds. The van der Waals surface area contributed by atoms with Crippen LogP contribution in [0.15, 0.2) is 18.2 Å². The summed E-state index contributed by atoms with van der Waals surface area (Å²) in [6, 6.07) is 4.62. The minimum Gasteiger partial charge on any atom is -0.393 e. The van der Waals surface area contributed by atoms with E-state index in [1.165, 1.54) is 13.0 Å². The molecule has 0 aliphatic carbocycles. The molecule has 98 valence electrons. The Hall–Kier alpha value is -0.980. The Morgan fingerprint density at radius 1 is 1.44 bits per heavy atom. The number of rotatable bonds is 4. The number of esters is 2. The molecule has 1 aromatic rings. The highest BCUT2D eigenvalue weighted by molar-refractivity contribution is 14.1. The molecule has 0 bridgehead atoms. The molecular formula is C13H14FIO3. The Morgan fingerprint density at radius 3 is 2.61 bits per heavy atom. The van der Waals surface area contributed by atoms with E-state index in [0.717, 1.165) is 6.42 Å². The first-order valence-electron chi connectivity index (χ1n) is 5.63. The van der Waals surface area contributed by atoms with Gasteiger partial charge in [-0.25, -0.2) is 4.39 Å². The van der Waals surface area contributed by atoms with Crippen molar-refractivity contribution in [1.82, 2.24) is 0 Å². The maximum absolute atomic E-state index is 13.5. The normalized spacial score (nSPS) is 12.0. The predicted octanol–water partition coefficient (Wildman–Crippen LogP) is 3.40. The van der Waals surface area contributed by atoms with Gasteiger partial charge in [0, 0.05) is 10.5 Å². The number of halogens is 2. The van der Waals surface area contributed by atoms with Crippen LogP contribution in [-0.4, -0.2) is 11.9 Å². The molecular weight excluding hydrogens is 350 g/mol. The van der Waals surface area contributed by atoms with Gasteiger partial charge in [0.2, 0.25) is 0 Å². The van der Waals surface area contributed by atoms with Gasteiger partial charge in [0.1, 0.15) is 5.82 Å². The molecule has 1 rings (SSSR count). The van der Waals surface area contributed by atoms with Gasteiger partial charge < -0.3 is 4.74 Å². The van der Waals surface area contributed by atoms with Crippen LogP contribution in [0.3, 0.4) is 0 Å². The van der Waals surface area contributed by atoms with Gasteiger partial charge in [0.05, 0.1) is 5.92 Å². The molecule has 1 atom stereocenters. The van der Waals surface area contributed by atoms with E-state index in [1.54, 1.807) is 12.1 Å². The van der Waals surface area contributed by atoms with Crippen molar-refractivity contribution in [1.29, 1.82) is 0 Å². The third-order valence-electron chi connectivity index (χ3n) is 2.45. The van der Waals surface area contributed by atoms with Crippen molar-refractivity contribution < 1.29 is 18.7 Å². The van der Waals surface area contributed by atoms with Crippen molar-refractivity contribution in [2.75, 3.05) is 0 Å². The summed E-state index contributed by atoms with van der Waals surface area (Å²) >= 11 is 1.88. The van der Waals surface area contributed by atoms with Gasteiger partial charge >= 0.3 is 11.9 Å². The van der Waals surface area contributed by atoms with Gasteiger partial charge in [-0.15, -0.1) is 0 Å². The molecule has 0 aliphatic heterocycles. The van der Waals surface area contributed by atoms with Crippen molar-refractivity contribution >= 4 is 34.5 Å². The zero-order valence-electron chi connectivity index (χ0n) is 10.2. The summed E-state index contributed by atoms with van der Waals surface area (Å²) in [5.74, 6) is -2.23. The van der Waals surface area contributed by atoms with Crippen LogP contribution < -0.4 is 0 Å². The Morgan fingerprint density at radius 2 is 2.11 bits per heavy atom. The monoisotopic (exact) mass is 364 g/mol. The molecule has 5 heteroatoms. The van der Waals surface area contributed by atoms with Crippen LogP contribution in [0.5, 0.6) is 0 Å². The molecule has 0 spiro atoms. The predicted molar refractivity (Wildman–Crippen MR) is 73.5 cm³/mol. The quantitative estimate of drug-likeness (QED) is 0.467. The van der Waals surface area contributed by atoms with Crippen molar-refractivity contribution in [3.8, 4) is 0 Å². The summed E-state index contributed by atoms with van der Waals surface area (Å²) in [5.41, 5.74) is 0.543. The molecule has 0 saturated carbocycles. The Balaban J connectivity index is 2.99. The van der Waals surface area contributed by atoms with Crippen molar-refractivity contribution in [2.45, 2.75) is 32.6 Å². The molecule has 0 saturated heterocycles. The number of carbonyl (C=O) groups is 2. The van der Waals surface area contributed by atoms with E-state index in [2.05, 4.69) is 4.74 Å². The van der Waals surface area contributed by atoms with Gasteiger partial charge in [0.25, 0.3) is 0 Å². The lowest BCUT2D eigenvalue weighted by atomic mass is 9.94. The lowest BCUT2D eigenvalue weighted by molar-refractivity contribution is -0.159. The second-order valence-corrected chi connectivity index (χ2v) is 5.09. The number of hydrogen-bond donors (Lipinski definition) is 0. The van der Waals surface area contributed by atoms with E-state index in [1.807, 2.05) is 29.5 Å². The molecule has 18 heavy (non-hydrogen) atoms. The van der Waals surface area contributed by atoms with Crippen LogP contribution in [0.25, 0.3) is 0 Å². The highest BCUT2D eigenvalue weighted by Gasteiger charge is 2.23. The lowest BCUT2D eigenvalue weighted by Gasteiger charge is -2.14. The first-order valence-corrected chi connectivity index (χ1v) is 6.70. The molecule has 0 aromatic heterocycles. The Labute approximate surface area is 119 Å². The average molecular weight is 364 g/mol. The molecule has 0 fully saturated rings. The molecule has 0 radical (unpaired) electrons. The van der Waals surface area contributed by atoms with Gasteiger partial charge in [-0.3, -0.25) is 9.59 Å². The van der Waals surface area contributed by atoms with Gasteiger partial charge in [-0.05, 0) is 46.7 Å². The summed E-state index contributed by atoms with van der Waals surface area (Å²) in [7, 11) is 0. The van der Waals surface area contributed by atoms with E-state index >= 15 is 0 Å². The maximum atomic E-state index is 13.5. The maximum Gasteiger partial charge on any atom is 0.321 e. The van der Waals surface area contributed by atoms with Gasteiger partial charge in [-0.2, -0.15) is 0 Å². The Kier molecular flexibility index (Phi) is 5.71. The van der Waals surface area contributed by atoms with Gasteiger partial charge in [0.15, 0.2) is 0 Å². The minimum atomic E-state index is -0.646. The fraction of sp³-hybridized carbons (Fsp3) is 0.385. The van der Waals surface area contributed by atoms with Crippen LogP contribution in [-0.2, 0) is 14.3 Å². The van der Waals surface area contributed by atoms with E-state index < -0.39 is 17.9 Å². The van der Waals surface area contributed by atoms with Crippen LogP contribution in [0.4, 0.5) is 4.39 Å². The second-order valence-electron chi connectivity index (χ2n) is 3.93. The van der Waals surface area contributed by atoms with Crippen LogP contribution in [0, 0.1) is 9.39 Å². The van der Waals surface area contributed by atoms with Crippen LogP contribution in [0.2, 0.25) is 0 Å². The van der Waals surface area contributed by atoms with Crippen molar-refractivity contribution in [3.63, 3.8) is 0 Å². The Bertz CT molecular complexity index is 460. The summed E-state index contributed by atoms with van der Waals surface area (Å²) in [6.07, 6.45) is 1.26. The summed E-state index contributed by atoms with van der Waals surface area (Å²) in [4.78, 5) is 22.6. The fourth-order valence-corrected chi connectivity index (χ4v) is 1.99. The highest BCUT2D eigenvalue weighted by Crippen LogP contribution is 2.25. The lowest BCUT2D eigenvalue weighted by Crippen LogP contribution is -2.18. The standard InChI is InChI=1S/C13H14FIO3/c1-3-4-10(13(17)18-8(2)16)9-5-6-12(15)11(14)7-9/h5-7,10H,3-4H2,1-2H3. The zero-order valence-corrected chi connectivity index (χ0v) is 12.4. The van der Waals surface area contributed by atoms with E-state index in [-0.39, 0.29) is 5.82 Å². The summed E-state index contributed by atoms with van der Waals surface area (Å²) in [5, 5.41) is 0. The highest BCUT2D eigenvalue weighted by atomic mass is 127. The van der Waals surface area contributed by atoms with E-state index in [9.17, 15) is 14.0 Å². The summed E-state index contributed by atoms with van der Waals surface area (Å²) < 4.78 is 18.6. The van der Waals surface area contributed by atoms with E-state index in [0.29, 0.717) is 15.6 Å². The second kappa shape index (κ2) is 6.82. The molecule has 3 nitrogen and oxygen atoms in total. The number of carbonyl (C=O) groups excluding carboxylic acids is 2. The zero-order chi connectivity index (χ0) is 13.7. The molecule has 1 aromatic carbocycles.